The number of benzene rings is 1. The highest BCUT2D eigenvalue weighted by Crippen LogP contribution is 2.13. The maximum absolute atomic E-state index is 5.94. The van der Waals surface area contributed by atoms with Crippen molar-refractivity contribution < 1.29 is 0 Å². The zero-order valence-electron chi connectivity index (χ0n) is 15.7. The van der Waals surface area contributed by atoms with Crippen molar-refractivity contribution in [2.75, 3.05) is 13.6 Å². The third-order valence-corrected chi connectivity index (χ3v) is 4.27. The quantitative estimate of drug-likeness (QED) is 0.519. The molecule has 3 rings (SSSR count). The van der Waals surface area contributed by atoms with Crippen molar-refractivity contribution in [2.45, 2.75) is 20.0 Å². The molecule has 0 unspecified atom stereocenters. The fourth-order valence-electron chi connectivity index (χ4n) is 2.56. The van der Waals surface area contributed by atoms with Crippen LogP contribution in [0.1, 0.15) is 18.3 Å². The first-order valence-electron chi connectivity index (χ1n) is 8.68. The van der Waals surface area contributed by atoms with Gasteiger partial charge < -0.3 is 10.2 Å². The number of aromatic nitrogens is 5. The van der Waals surface area contributed by atoms with Crippen LogP contribution in [0.2, 0.25) is 5.02 Å². The normalized spacial score (nSPS) is 11.6. The lowest BCUT2D eigenvalue weighted by molar-refractivity contribution is 0.448. The first kappa shape index (κ1) is 18.9. The van der Waals surface area contributed by atoms with Gasteiger partial charge in [0, 0.05) is 37.4 Å². The number of guanidine groups is 1. The summed E-state index contributed by atoms with van der Waals surface area (Å²) < 4.78 is 3.58. The molecule has 3 aromatic rings. The van der Waals surface area contributed by atoms with Gasteiger partial charge in [0.2, 0.25) is 0 Å². The van der Waals surface area contributed by atoms with Crippen LogP contribution in [0.15, 0.2) is 48.0 Å². The van der Waals surface area contributed by atoms with E-state index in [0.717, 1.165) is 29.6 Å². The van der Waals surface area contributed by atoms with Crippen molar-refractivity contribution in [3.05, 3.63) is 59.4 Å². The van der Waals surface area contributed by atoms with E-state index in [9.17, 15) is 0 Å². The number of nitrogens with zero attached hydrogens (tertiary/aromatic N) is 7. The third-order valence-electron chi connectivity index (χ3n) is 4.02. The molecule has 9 heteroatoms. The third kappa shape index (κ3) is 4.85. The molecule has 0 radical (unpaired) electrons. The second-order valence-corrected chi connectivity index (χ2v) is 6.53. The van der Waals surface area contributed by atoms with Gasteiger partial charge >= 0.3 is 0 Å². The molecule has 0 aliphatic carbocycles. The second kappa shape index (κ2) is 8.68. The van der Waals surface area contributed by atoms with Gasteiger partial charge in [0.15, 0.2) is 5.96 Å². The number of hydrogen-bond acceptors (Lipinski definition) is 4. The van der Waals surface area contributed by atoms with E-state index in [2.05, 4.69) is 20.5 Å². The Morgan fingerprint density at radius 1 is 1.26 bits per heavy atom. The lowest BCUT2D eigenvalue weighted by Crippen LogP contribution is -2.39. The standard InChI is InChI=1S/C18H23ClN8/c1-4-20-18(25(2)12-17-22-13-24-26(17)3)21-9-14-10-23-27(11-14)16-7-5-15(19)6-8-16/h5-8,10-11,13H,4,9,12H2,1-3H3,(H,20,21). The minimum atomic E-state index is 0.527. The molecule has 1 aromatic carbocycles. The molecule has 0 spiro atoms. The van der Waals surface area contributed by atoms with Crippen LogP contribution in [-0.4, -0.2) is 49.0 Å². The van der Waals surface area contributed by atoms with Crippen molar-refractivity contribution in [3.63, 3.8) is 0 Å². The fourth-order valence-corrected chi connectivity index (χ4v) is 2.69. The van der Waals surface area contributed by atoms with Crippen molar-refractivity contribution >= 4 is 17.6 Å². The van der Waals surface area contributed by atoms with Gasteiger partial charge in [-0.25, -0.2) is 14.7 Å². The van der Waals surface area contributed by atoms with Gasteiger partial charge in [-0.15, -0.1) is 0 Å². The van der Waals surface area contributed by atoms with Gasteiger partial charge in [0.05, 0.1) is 25.0 Å². The monoisotopic (exact) mass is 386 g/mol. The predicted molar refractivity (Wildman–Crippen MR) is 106 cm³/mol. The van der Waals surface area contributed by atoms with E-state index in [1.54, 1.807) is 11.0 Å². The summed E-state index contributed by atoms with van der Waals surface area (Å²) >= 11 is 5.94. The van der Waals surface area contributed by atoms with Crippen molar-refractivity contribution in [1.82, 2.24) is 34.8 Å². The van der Waals surface area contributed by atoms with Gasteiger partial charge in [0.1, 0.15) is 12.2 Å². The van der Waals surface area contributed by atoms with E-state index in [1.165, 1.54) is 0 Å². The lowest BCUT2D eigenvalue weighted by atomic mass is 10.3. The number of hydrogen-bond donors (Lipinski definition) is 1. The van der Waals surface area contributed by atoms with Crippen LogP contribution in [-0.2, 0) is 20.1 Å². The first-order chi connectivity index (χ1) is 13.1. The predicted octanol–water partition coefficient (Wildman–Crippen LogP) is 2.25. The fraction of sp³-hybridized carbons (Fsp3) is 0.333. The molecular formula is C18H23ClN8. The minimum Gasteiger partial charge on any atom is -0.357 e. The first-order valence-corrected chi connectivity index (χ1v) is 9.06. The molecule has 2 aromatic heterocycles. The van der Waals surface area contributed by atoms with Gasteiger partial charge in [-0.1, -0.05) is 11.6 Å². The molecule has 0 aliphatic rings. The van der Waals surface area contributed by atoms with Crippen molar-refractivity contribution in [1.29, 1.82) is 0 Å². The molecule has 1 N–H and O–H groups in total. The number of halogens is 1. The maximum Gasteiger partial charge on any atom is 0.194 e. The second-order valence-electron chi connectivity index (χ2n) is 6.10. The average molecular weight is 387 g/mol. The zero-order chi connectivity index (χ0) is 19.2. The number of nitrogens with one attached hydrogen (secondary N) is 1. The molecule has 0 bridgehead atoms. The highest BCUT2D eigenvalue weighted by Gasteiger charge is 2.10. The number of rotatable bonds is 6. The topological polar surface area (TPSA) is 76.2 Å². The van der Waals surface area contributed by atoms with E-state index in [0.29, 0.717) is 18.1 Å². The molecule has 27 heavy (non-hydrogen) atoms. The molecule has 0 saturated carbocycles. The summed E-state index contributed by atoms with van der Waals surface area (Å²) in [7, 11) is 3.86. The Kier molecular flexibility index (Phi) is 6.08. The van der Waals surface area contributed by atoms with E-state index in [-0.39, 0.29) is 0 Å². The van der Waals surface area contributed by atoms with Crippen LogP contribution in [0.5, 0.6) is 0 Å². The summed E-state index contributed by atoms with van der Waals surface area (Å²) in [5.41, 5.74) is 1.98. The van der Waals surface area contributed by atoms with Crippen molar-refractivity contribution in [3.8, 4) is 5.69 Å². The van der Waals surface area contributed by atoms with Gasteiger partial charge in [-0.05, 0) is 31.2 Å². The number of aryl methyl sites for hydroxylation is 1. The summed E-state index contributed by atoms with van der Waals surface area (Å²) in [6.07, 6.45) is 5.35. The largest absolute Gasteiger partial charge is 0.357 e. The molecule has 0 amide bonds. The van der Waals surface area contributed by atoms with Gasteiger partial charge in [0.25, 0.3) is 0 Å². The Hall–Kier alpha value is -2.87. The van der Waals surface area contributed by atoms with Crippen LogP contribution in [0.4, 0.5) is 0 Å². The Labute approximate surface area is 163 Å². The molecular weight excluding hydrogens is 364 g/mol. The van der Waals surface area contributed by atoms with Crippen molar-refractivity contribution in [2.24, 2.45) is 12.0 Å². The molecule has 0 aliphatic heterocycles. The molecule has 0 fully saturated rings. The van der Waals surface area contributed by atoms with Crippen LogP contribution in [0.3, 0.4) is 0 Å². The summed E-state index contributed by atoms with van der Waals surface area (Å²) in [4.78, 5) is 11.0. The van der Waals surface area contributed by atoms with Crippen LogP contribution >= 0.6 is 11.6 Å². The minimum absolute atomic E-state index is 0.527. The van der Waals surface area contributed by atoms with E-state index in [1.807, 2.05) is 67.3 Å². The zero-order valence-corrected chi connectivity index (χ0v) is 16.4. The van der Waals surface area contributed by atoms with Crippen LogP contribution in [0, 0.1) is 0 Å². The number of aliphatic imine (C=N–C) groups is 1. The summed E-state index contributed by atoms with van der Waals surface area (Å²) in [5, 5.41) is 12.5. The molecule has 0 atom stereocenters. The SMILES string of the molecule is CCNC(=NCc1cnn(-c2ccc(Cl)cc2)c1)N(C)Cc1ncnn1C. The Morgan fingerprint density at radius 3 is 2.70 bits per heavy atom. The van der Waals surface area contributed by atoms with Gasteiger partial charge in [-0.2, -0.15) is 10.2 Å². The average Bonchev–Trinajstić information content (AvgIpc) is 3.29. The molecule has 142 valence electrons. The maximum atomic E-state index is 5.94. The molecule has 2 heterocycles. The smallest absolute Gasteiger partial charge is 0.194 e. The molecule has 8 nitrogen and oxygen atoms in total. The molecule has 0 saturated heterocycles. The Morgan fingerprint density at radius 2 is 2.04 bits per heavy atom. The van der Waals surface area contributed by atoms with E-state index >= 15 is 0 Å². The highest BCUT2D eigenvalue weighted by molar-refractivity contribution is 6.30. The van der Waals surface area contributed by atoms with E-state index < -0.39 is 0 Å². The summed E-state index contributed by atoms with van der Waals surface area (Å²) in [6.45, 7) is 3.97. The summed E-state index contributed by atoms with van der Waals surface area (Å²) in [5.74, 6) is 1.68. The van der Waals surface area contributed by atoms with Crippen LogP contribution in [0.25, 0.3) is 5.69 Å². The lowest BCUT2D eigenvalue weighted by Gasteiger charge is -2.21. The highest BCUT2D eigenvalue weighted by atomic mass is 35.5. The van der Waals surface area contributed by atoms with E-state index in [4.69, 9.17) is 16.6 Å². The van der Waals surface area contributed by atoms with Gasteiger partial charge in [-0.3, -0.25) is 4.68 Å². The Balaban J connectivity index is 1.69. The Bertz CT molecular complexity index is 896. The summed E-state index contributed by atoms with van der Waals surface area (Å²) in [6, 6.07) is 7.56. The van der Waals surface area contributed by atoms with Crippen LogP contribution < -0.4 is 5.32 Å².